The number of nitrogens with zero attached hydrogens (tertiary/aromatic N) is 1. The van der Waals surface area contributed by atoms with Crippen molar-refractivity contribution in [3.05, 3.63) is 69.3 Å². The highest BCUT2D eigenvalue weighted by atomic mass is 35.5. The molecule has 0 atom stereocenters. The van der Waals surface area contributed by atoms with E-state index in [0.29, 0.717) is 27.7 Å². The molecule has 3 rings (SSSR count). The molecule has 0 saturated heterocycles. The van der Waals surface area contributed by atoms with Crippen LogP contribution in [0.1, 0.15) is 47.7 Å². The van der Waals surface area contributed by atoms with Gasteiger partial charge < -0.3 is 10.4 Å². The number of aliphatic hydroxyl groups is 1. The topological polar surface area (TPSA) is 62.2 Å². The van der Waals surface area contributed by atoms with Crippen LogP contribution in [0.3, 0.4) is 0 Å². The molecule has 0 spiro atoms. The van der Waals surface area contributed by atoms with Crippen LogP contribution in [0.15, 0.2) is 42.6 Å². The molecule has 3 aromatic rings. The second-order valence-corrected chi connectivity index (χ2v) is 7.76. The molecule has 1 aromatic heterocycles. The van der Waals surface area contributed by atoms with E-state index in [0.717, 1.165) is 42.2 Å². The van der Waals surface area contributed by atoms with E-state index < -0.39 is 0 Å². The van der Waals surface area contributed by atoms with E-state index in [4.69, 9.17) is 23.2 Å². The average Bonchev–Trinajstić information content (AvgIpc) is 2.70. The number of aromatic nitrogens is 1. The van der Waals surface area contributed by atoms with Gasteiger partial charge in [0.15, 0.2) is 0 Å². The van der Waals surface area contributed by atoms with Crippen LogP contribution in [0.4, 0.5) is 5.69 Å². The Morgan fingerprint density at radius 3 is 2.48 bits per heavy atom. The number of anilines is 1. The van der Waals surface area contributed by atoms with Crippen LogP contribution in [0, 0.1) is 0 Å². The van der Waals surface area contributed by atoms with E-state index in [-0.39, 0.29) is 18.1 Å². The molecule has 0 radical (unpaired) electrons. The Kier molecular flexibility index (Phi) is 7.48. The molecule has 2 N–H and O–H groups in total. The lowest BCUT2D eigenvalue weighted by Gasteiger charge is -2.15. The second kappa shape index (κ2) is 10.1. The lowest BCUT2D eigenvalue weighted by molar-refractivity contribution is 0.102. The molecule has 6 heteroatoms. The molecule has 0 bridgehead atoms. The fourth-order valence-corrected chi connectivity index (χ4v) is 4.08. The van der Waals surface area contributed by atoms with E-state index in [1.807, 2.05) is 18.3 Å². The van der Waals surface area contributed by atoms with Crippen molar-refractivity contribution in [1.29, 1.82) is 0 Å². The predicted molar refractivity (Wildman–Crippen MR) is 120 cm³/mol. The van der Waals surface area contributed by atoms with Gasteiger partial charge in [0.2, 0.25) is 0 Å². The maximum Gasteiger partial charge on any atom is 0.258 e. The molecular weight excluding hydrogens is 407 g/mol. The number of unbranched alkanes of at least 4 members (excludes halogenated alkanes) is 2. The molecule has 152 valence electrons. The number of fused-ring (bicyclic) bond motifs is 1. The van der Waals surface area contributed by atoms with Gasteiger partial charge in [0.25, 0.3) is 5.91 Å². The number of nitrogens with one attached hydrogen (secondary N) is 1. The minimum absolute atomic E-state index is 0.0612. The lowest BCUT2D eigenvalue weighted by Crippen LogP contribution is -2.14. The molecule has 29 heavy (non-hydrogen) atoms. The number of pyridine rings is 1. The summed E-state index contributed by atoms with van der Waals surface area (Å²) in [6.07, 6.45) is 6.74. The number of halogens is 2. The van der Waals surface area contributed by atoms with Crippen molar-refractivity contribution in [2.45, 2.75) is 39.0 Å². The predicted octanol–water partition coefficient (Wildman–Crippen LogP) is 6.06. The zero-order valence-electron chi connectivity index (χ0n) is 16.3. The number of aliphatic hydroxyl groups excluding tert-OH is 1. The van der Waals surface area contributed by atoms with Gasteiger partial charge in [-0.05, 0) is 48.6 Å². The molecule has 1 amide bonds. The lowest BCUT2D eigenvalue weighted by atomic mass is 9.96. The number of hydrogen-bond acceptors (Lipinski definition) is 3. The van der Waals surface area contributed by atoms with Gasteiger partial charge in [-0.2, -0.15) is 0 Å². The van der Waals surface area contributed by atoms with Crippen LogP contribution in [0.5, 0.6) is 0 Å². The highest BCUT2D eigenvalue weighted by molar-refractivity contribution is 6.40. The molecule has 0 fully saturated rings. The van der Waals surface area contributed by atoms with Gasteiger partial charge in [0.1, 0.15) is 0 Å². The molecule has 2 aromatic carbocycles. The summed E-state index contributed by atoms with van der Waals surface area (Å²) >= 11 is 12.3. The first-order chi connectivity index (χ1) is 14.1. The zero-order chi connectivity index (χ0) is 20.8. The number of carbonyl (C=O) groups excluding carboxylic acids is 1. The Morgan fingerprint density at radius 1 is 1.07 bits per heavy atom. The smallest absolute Gasteiger partial charge is 0.258 e. The van der Waals surface area contributed by atoms with E-state index in [2.05, 4.69) is 17.2 Å². The van der Waals surface area contributed by atoms with Crippen LogP contribution in [0.25, 0.3) is 10.9 Å². The van der Waals surface area contributed by atoms with Crippen molar-refractivity contribution in [3.63, 3.8) is 0 Å². The number of hydrogen-bond donors (Lipinski definition) is 2. The highest BCUT2D eigenvalue weighted by Gasteiger charge is 2.17. The van der Waals surface area contributed by atoms with E-state index >= 15 is 0 Å². The monoisotopic (exact) mass is 430 g/mol. The first-order valence-electron chi connectivity index (χ1n) is 9.82. The summed E-state index contributed by atoms with van der Waals surface area (Å²) in [5.74, 6) is -0.384. The van der Waals surface area contributed by atoms with Gasteiger partial charge in [0, 0.05) is 18.2 Å². The largest absolute Gasteiger partial charge is 0.396 e. The van der Waals surface area contributed by atoms with E-state index in [9.17, 15) is 9.90 Å². The second-order valence-electron chi connectivity index (χ2n) is 6.95. The summed E-state index contributed by atoms with van der Waals surface area (Å²) in [5, 5.41) is 14.0. The van der Waals surface area contributed by atoms with E-state index in [1.165, 1.54) is 0 Å². The van der Waals surface area contributed by atoms with Crippen molar-refractivity contribution in [1.82, 2.24) is 4.98 Å². The van der Waals surface area contributed by atoms with Crippen molar-refractivity contribution in [2.75, 3.05) is 11.9 Å². The minimum atomic E-state index is -0.384. The molecular formula is C23H24Cl2N2O2. The maximum atomic E-state index is 12.8. The van der Waals surface area contributed by atoms with Gasteiger partial charge in [-0.25, -0.2) is 0 Å². The van der Waals surface area contributed by atoms with Crippen molar-refractivity contribution in [2.24, 2.45) is 0 Å². The zero-order valence-corrected chi connectivity index (χ0v) is 17.9. The van der Waals surface area contributed by atoms with Crippen molar-refractivity contribution >= 4 is 45.7 Å². The van der Waals surface area contributed by atoms with Gasteiger partial charge in [-0.3, -0.25) is 9.78 Å². The fourth-order valence-electron chi connectivity index (χ4n) is 3.51. The van der Waals surface area contributed by atoms with Crippen molar-refractivity contribution in [3.8, 4) is 0 Å². The van der Waals surface area contributed by atoms with Crippen molar-refractivity contribution < 1.29 is 9.90 Å². The Balaban J connectivity index is 1.99. The summed E-state index contributed by atoms with van der Waals surface area (Å²) in [7, 11) is 0. The summed E-state index contributed by atoms with van der Waals surface area (Å²) in [6.45, 7) is 2.24. The van der Waals surface area contributed by atoms with Crippen LogP contribution >= 0.6 is 23.2 Å². The maximum absolute atomic E-state index is 12.8. The molecule has 1 heterocycles. The number of para-hydroxylation sites is 1. The fraction of sp³-hybridized carbons (Fsp3) is 0.304. The summed E-state index contributed by atoms with van der Waals surface area (Å²) in [5.41, 5.74) is 3.74. The van der Waals surface area contributed by atoms with E-state index in [1.54, 1.807) is 24.3 Å². The number of carbonyl (C=O) groups is 1. The first-order valence-corrected chi connectivity index (χ1v) is 10.6. The number of amides is 1. The Hall–Kier alpha value is -2.14. The summed E-state index contributed by atoms with van der Waals surface area (Å²) < 4.78 is 0. The Morgan fingerprint density at radius 2 is 1.79 bits per heavy atom. The average molecular weight is 431 g/mol. The summed E-state index contributed by atoms with van der Waals surface area (Å²) in [4.78, 5) is 17.4. The molecule has 0 aliphatic rings. The van der Waals surface area contributed by atoms with Gasteiger partial charge >= 0.3 is 0 Å². The highest BCUT2D eigenvalue weighted by Crippen LogP contribution is 2.30. The number of rotatable bonds is 8. The number of aryl methyl sites for hydroxylation is 1. The van der Waals surface area contributed by atoms with Crippen LogP contribution in [-0.2, 0) is 12.8 Å². The number of benzene rings is 2. The first kappa shape index (κ1) is 21.6. The quantitative estimate of drug-likeness (QED) is 0.426. The third-order valence-corrected chi connectivity index (χ3v) is 5.58. The molecule has 0 aliphatic heterocycles. The molecule has 0 saturated carbocycles. The third kappa shape index (κ3) is 4.89. The standard InChI is InChI=1S/C23H24Cl2N2O2/c1-2-3-4-7-15-14-26-22-17(16(15)12-13-28)8-5-11-20(22)27-23(29)21-18(24)9-6-10-19(21)25/h5-6,8-11,14,28H,2-4,7,12-13H2,1H3,(H,27,29). The SMILES string of the molecule is CCCCCc1cnc2c(NC(=O)c3c(Cl)cccc3Cl)cccc2c1CCO. The summed E-state index contributed by atoms with van der Waals surface area (Å²) in [6, 6.07) is 10.6. The normalized spacial score (nSPS) is 11.0. The Bertz CT molecular complexity index is 1000. The van der Waals surface area contributed by atoms with Crippen LogP contribution in [-0.4, -0.2) is 22.6 Å². The third-order valence-electron chi connectivity index (χ3n) is 4.95. The van der Waals surface area contributed by atoms with Crippen LogP contribution in [0.2, 0.25) is 10.0 Å². The van der Waals surface area contributed by atoms with Crippen LogP contribution < -0.4 is 5.32 Å². The van der Waals surface area contributed by atoms with Gasteiger partial charge in [-0.15, -0.1) is 0 Å². The molecule has 0 aliphatic carbocycles. The van der Waals surface area contributed by atoms with Gasteiger partial charge in [-0.1, -0.05) is 61.2 Å². The molecule has 4 nitrogen and oxygen atoms in total. The van der Waals surface area contributed by atoms with Gasteiger partial charge in [0.05, 0.1) is 26.8 Å². The minimum Gasteiger partial charge on any atom is -0.396 e. The Labute approximate surface area is 180 Å². The molecule has 0 unspecified atom stereocenters.